The normalized spacial score (nSPS) is 16.2. The Kier molecular flexibility index (Phi) is 4.08. The number of pyridine rings is 1. The molecule has 0 spiro atoms. The van der Waals surface area contributed by atoms with Gasteiger partial charge in [0.1, 0.15) is 11.6 Å². The van der Waals surface area contributed by atoms with Crippen LogP contribution in [0.25, 0.3) is 49.3 Å². The van der Waals surface area contributed by atoms with Crippen molar-refractivity contribution in [2.45, 2.75) is 6.04 Å². The fraction of sp³-hybridized carbons (Fsp3) is 0.0286. The Hall–Kier alpha value is -5.22. The topological polar surface area (TPSA) is 25.8 Å². The first-order chi connectivity index (χ1) is 19.4. The fourth-order valence-electron chi connectivity index (χ4n) is 6.81. The van der Waals surface area contributed by atoms with Crippen molar-refractivity contribution in [3.63, 3.8) is 0 Å². The second-order valence-electron chi connectivity index (χ2n) is 10.2. The summed E-state index contributed by atoms with van der Waals surface area (Å²) in [5, 5.41) is 5.17. The van der Waals surface area contributed by atoms with Crippen LogP contribution in [-0.2, 0) is 0 Å². The van der Waals surface area contributed by atoms with Gasteiger partial charge in [0, 0.05) is 51.6 Å². The van der Waals surface area contributed by atoms with Gasteiger partial charge in [-0.3, -0.25) is 4.98 Å². The zero-order valence-corrected chi connectivity index (χ0v) is 21.1. The predicted octanol–water partition coefficient (Wildman–Crippen LogP) is 8.24. The van der Waals surface area contributed by atoms with Gasteiger partial charge in [0.05, 0.1) is 22.7 Å². The maximum absolute atomic E-state index is 4.46. The standard InChI is InChI=1S/C35H23N4/c1-2-10-23(11-3-1)37-27-15-5-4-13-25(27)33-30(37)19-20-31-34(33)26-14-8-18-32-35(26)39(31)29-17-7-6-16-28(29)38(32)24-12-9-21-36-22-24/h1-22,29H/q+1. The lowest BCUT2D eigenvalue weighted by Gasteiger charge is -2.24. The van der Waals surface area contributed by atoms with E-state index in [1.807, 2.05) is 18.5 Å². The van der Waals surface area contributed by atoms with Crippen LogP contribution in [0.3, 0.4) is 0 Å². The molecule has 0 N–H and O–H groups in total. The number of fused-ring (bicyclic) bond motifs is 9. The molecule has 0 bridgehead atoms. The molecule has 0 radical (unpaired) electrons. The molecule has 0 fully saturated rings. The van der Waals surface area contributed by atoms with Crippen molar-refractivity contribution in [2.75, 3.05) is 0 Å². The molecule has 182 valence electrons. The summed E-state index contributed by atoms with van der Waals surface area (Å²) < 4.78 is 7.32. The maximum Gasteiger partial charge on any atom is 0.236 e. The number of para-hydroxylation sites is 3. The summed E-state index contributed by atoms with van der Waals surface area (Å²) >= 11 is 0. The van der Waals surface area contributed by atoms with Crippen molar-refractivity contribution in [3.05, 3.63) is 134 Å². The van der Waals surface area contributed by atoms with Gasteiger partial charge in [-0.05, 0) is 36.4 Å². The zero-order valence-electron chi connectivity index (χ0n) is 21.1. The highest BCUT2D eigenvalue weighted by Crippen LogP contribution is 2.47. The summed E-state index contributed by atoms with van der Waals surface area (Å²) in [5.41, 5.74) is 9.64. The van der Waals surface area contributed by atoms with Crippen LogP contribution in [0.2, 0.25) is 0 Å². The summed E-state index contributed by atoms with van der Waals surface area (Å²) in [6.45, 7) is 0. The second kappa shape index (κ2) is 7.65. The van der Waals surface area contributed by atoms with E-state index in [2.05, 4.69) is 134 Å². The molecule has 1 unspecified atom stereocenters. The van der Waals surface area contributed by atoms with E-state index in [0.29, 0.717) is 0 Å². The Labute approximate surface area is 224 Å². The number of benzene rings is 4. The Balaban J connectivity index is 1.48. The van der Waals surface area contributed by atoms with Gasteiger partial charge in [-0.1, -0.05) is 66.8 Å². The third kappa shape index (κ3) is 2.67. The van der Waals surface area contributed by atoms with E-state index in [4.69, 9.17) is 0 Å². The number of hydrogen-bond donors (Lipinski definition) is 0. The molecule has 4 heteroatoms. The van der Waals surface area contributed by atoms with Crippen LogP contribution in [0, 0.1) is 0 Å². The summed E-state index contributed by atoms with van der Waals surface area (Å²) in [5.74, 6) is 0. The molecule has 0 saturated heterocycles. The Morgan fingerprint density at radius 3 is 2.38 bits per heavy atom. The van der Waals surface area contributed by atoms with Crippen molar-refractivity contribution in [3.8, 4) is 5.69 Å². The van der Waals surface area contributed by atoms with Gasteiger partial charge in [0.15, 0.2) is 0 Å². The molecular weight excluding hydrogens is 476 g/mol. The lowest BCUT2D eigenvalue weighted by molar-refractivity contribution is 0.780. The molecule has 0 saturated carbocycles. The quantitative estimate of drug-likeness (QED) is 0.220. The van der Waals surface area contributed by atoms with Crippen molar-refractivity contribution >= 4 is 60.7 Å². The smallest absolute Gasteiger partial charge is 0.236 e. The first kappa shape index (κ1) is 20.8. The fourth-order valence-corrected chi connectivity index (χ4v) is 6.81. The highest BCUT2D eigenvalue weighted by Gasteiger charge is 2.37. The molecule has 1 atom stereocenters. The number of nitrogens with zero attached hydrogens (tertiary/aromatic N) is 4. The van der Waals surface area contributed by atoms with Gasteiger partial charge in [0.25, 0.3) is 0 Å². The van der Waals surface area contributed by atoms with Gasteiger partial charge < -0.3 is 9.13 Å². The molecular formula is C35H23N4+. The third-order valence-electron chi connectivity index (χ3n) is 8.27. The van der Waals surface area contributed by atoms with Gasteiger partial charge >= 0.3 is 0 Å². The summed E-state index contributed by atoms with van der Waals surface area (Å²) in [7, 11) is 0. The van der Waals surface area contributed by atoms with Crippen LogP contribution >= 0.6 is 0 Å². The number of aromatic nitrogens is 3. The number of hydrogen-bond acceptors (Lipinski definition) is 1. The van der Waals surface area contributed by atoms with Crippen LogP contribution in [-0.4, -0.2) is 19.8 Å². The van der Waals surface area contributed by atoms with E-state index in [9.17, 15) is 0 Å². The van der Waals surface area contributed by atoms with Crippen LogP contribution < -0.4 is 4.58 Å². The summed E-state index contributed by atoms with van der Waals surface area (Å²) in [4.78, 5) is 4.46. The van der Waals surface area contributed by atoms with E-state index in [-0.39, 0.29) is 6.04 Å². The highest BCUT2D eigenvalue weighted by atomic mass is 15.2. The minimum absolute atomic E-state index is 0.0880. The molecule has 9 rings (SSSR count). The number of allylic oxidation sites excluding steroid dienone is 4. The van der Waals surface area contributed by atoms with Crippen LogP contribution in [0.1, 0.15) is 6.04 Å². The average Bonchev–Trinajstić information content (AvgIpc) is 3.52. The van der Waals surface area contributed by atoms with Gasteiger partial charge in [-0.25, -0.2) is 0 Å². The molecule has 1 aliphatic carbocycles. The Morgan fingerprint density at radius 2 is 1.49 bits per heavy atom. The van der Waals surface area contributed by atoms with Gasteiger partial charge in [-0.2, -0.15) is 4.58 Å². The van der Waals surface area contributed by atoms with Crippen molar-refractivity contribution < 1.29 is 0 Å². The van der Waals surface area contributed by atoms with E-state index < -0.39 is 0 Å². The van der Waals surface area contributed by atoms with Crippen LogP contribution in [0.5, 0.6) is 0 Å². The summed E-state index contributed by atoms with van der Waals surface area (Å²) in [6.07, 6.45) is 12.6. The third-order valence-corrected chi connectivity index (χ3v) is 8.27. The minimum Gasteiger partial charge on any atom is -0.318 e. The van der Waals surface area contributed by atoms with E-state index in [1.165, 1.54) is 60.7 Å². The first-order valence-corrected chi connectivity index (χ1v) is 13.4. The lowest BCUT2D eigenvalue weighted by atomic mass is 10.0. The molecule has 39 heavy (non-hydrogen) atoms. The van der Waals surface area contributed by atoms with Crippen LogP contribution in [0.4, 0.5) is 11.4 Å². The Bertz CT molecular complexity index is 2210. The zero-order chi connectivity index (χ0) is 25.5. The molecule has 0 amide bonds. The van der Waals surface area contributed by atoms with Crippen LogP contribution in [0.15, 0.2) is 134 Å². The predicted molar refractivity (Wildman–Crippen MR) is 162 cm³/mol. The van der Waals surface area contributed by atoms with E-state index in [1.54, 1.807) is 0 Å². The molecule has 3 aromatic heterocycles. The first-order valence-electron chi connectivity index (χ1n) is 13.4. The molecule has 4 heterocycles. The molecule has 4 aromatic carbocycles. The molecule has 7 aromatic rings. The largest absolute Gasteiger partial charge is 0.318 e. The Morgan fingerprint density at radius 1 is 0.667 bits per heavy atom. The maximum atomic E-state index is 4.46. The lowest BCUT2D eigenvalue weighted by Crippen LogP contribution is -2.30. The van der Waals surface area contributed by atoms with Crippen molar-refractivity contribution in [2.24, 2.45) is 0 Å². The monoisotopic (exact) mass is 499 g/mol. The molecule has 1 aliphatic heterocycles. The number of rotatable bonds is 2. The van der Waals surface area contributed by atoms with Crippen molar-refractivity contribution in [1.82, 2.24) is 18.7 Å². The molecule has 2 aliphatic rings. The minimum atomic E-state index is 0.0880. The SMILES string of the molecule is C1=CC2=[N+](c3cccnc3)c3cccc4c5c6c7ccccc7n(-c7ccccc7)c6ccc5n(c34)C2C=C1. The second-order valence-corrected chi connectivity index (χ2v) is 10.2. The van der Waals surface area contributed by atoms with E-state index >= 15 is 0 Å². The van der Waals surface area contributed by atoms with Crippen molar-refractivity contribution in [1.29, 1.82) is 0 Å². The molecule has 4 nitrogen and oxygen atoms in total. The highest BCUT2D eigenvalue weighted by molar-refractivity contribution is 6.30. The van der Waals surface area contributed by atoms with Gasteiger partial charge in [-0.15, -0.1) is 0 Å². The van der Waals surface area contributed by atoms with E-state index in [0.717, 1.165) is 5.69 Å². The van der Waals surface area contributed by atoms with Gasteiger partial charge in [0.2, 0.25) is 17.1 Å². The summed E-state index contributed by atoms with van der Waals surface area (Å²) in [6, 6.07) is 35.1. The average molecular weight is 500 g/mol.